The van der Waals surface area contributed by atoms with Crippen LogP contribution in [0.3, 0.4) is 0 Å². The molecule has 90 valence electrons. The lowest BCUT2D eigenvalue weighted by molar-refractivity contribution is -0.136. The number of hydrogen-bond donors (Lipinski definition) is 0. The number of esters is 1. The molecule has 0 saturated carbocycles. The van der Waals surface area contributed by atoms with Crippen LogP contribution in [0.5, 0.6) is 5.75 Å². The zero-order valence-corrected chi connectivity index (χ0v) is 10.1. The molecule has 0 bridgehead atoms. The van der Waals surface area contributed by atoms with Crippen molar-refractivity contribution in [3.8, 4) is 5.75 Å². The third-order valence-electron chi connectivity index (χ3n) is 3.09. The molecule has 0 radical (unpaired) electrons. The molecule has 1 unspecified atom stereocenters. The maximum absolute atomic E-state index is 11.8. The summed E-state index contributed by atoms with van der Waals surface area (Å²) in [6.45, 7) is 3.77. The zero-order valence-electron chi connectivity index (χ0n) is 10.1. The van der Waals surface area contributed by atoms with Gasteiger partial charge in [-0.3, -0.25) is 9.59 Å². The topological polar surface area (TPSA) is 43.4 Å². The van der Waals surface area contributed by atoms with Crippen LogP contribution in [0.1, 0.15) is 38.2 Å². The second-order valence-electron chi connectivity index (χ2n) is 4.74. The number of rotatable bonds is 3. The number of ketones is 1. The first kappa shape index (κ1) is 11.8. The fourth-order valence-corrected chi connectivity index (χ4v) is 2.05. The fourth-order valence-electron chi connectivity index (χ4n) is 2.05. The van der Waals surface area contributed by atoms with Crippen LogP contribution in [0.15, 0.2) is 24.3 Å². The molecule has 1 heterocycles. The highest BCUT2D eigenvalue weighted by Gasteiger charge is 2.28. The maximum atomic E-state index is 11.8. The standard InChI is InChI=1S/C14H16O3/c1-9(2)12(15)7-10-8-14(16)17-13-6-4-3-5-11(10)13/h3-6,9-10H,7-8H2,1-2H3. The molecule has 1 aliphatic rings. The molecule has 0 amide bonds. The van der Waals surface area contributed by atoms with Crippen molar-refractivity contribution in [3.05, 3.63) is 29.8 Å². The predicted molar refractivity (Wildman–Crippen MR) is 63.9 cm³/mol. The van der Waals surface area contributed by atoms with Crippen molar-refractivity contribution in [3.63, 3.8) is 0 Å². The summed E-state index contributed by atoms with van der Waals surface area (Å²) in [5.74, 6) is 0.539. The molecule has 17 heavy (non-hydrogen) atoms. The second-order valence-corrected chi connectivity index (χ2v) is 4.74. The SMILES string of the molecule is CC(C)C(=O)CC1CC(=O)Oc2ccccc21. The Bertz CT molecular complexity index is 449. The number of carbonyl (C=O) groups is 2. The van der Waals surface area contributed by atoms with Crippen LogP contribution in [-0.2, 0) is 9.59 Å². The van der Waals surface area contributed by atoms with Gasteiger partial charge in [-0.15, -0.1) is 0 Å². The molecular formula is C14H16O3. The van der Waals surface area contributed by atoms with Crippen LogP contribution in [0.25, 0.3) is 0 Å². The maximum Gasteiger partial charge on any atom is 0.311 e. The van der Waals surface area contributed by atoms with Crippen molar-refractivity contribution in [1.29, 1.82) is 0 Å². The lowest BCUT2D eigenvalue weighted by Gasteiger charge is -2.24. The van der Waals surface area contributed by atoms with E-state index in [-0.39, 0.29) is 23.6 Å². The third kappa shape index (κ3) is 2.54. The van der Waals surface area contributed by atoms with E-state index in [1.54, 1.807) is 6.07 Å². The van der Waals surface area contributed by atoms with E-state index in [2.05, 4.69) is 0 Å². The molecule has 0 spiro atoms. The third-order valence-corrected chi connectivity index (χ3v) is 3.09. The van der Waals surface area contributed by atoms with Gasteiger partial charge in [0.15, 0.2) is 0 Å². The van der Waals surface area contributed by atoms with Crippen LogP contribution in [0.2, 0.25) is 0 Å². The summed E-state index contributed by atoms with van der Waals surface area (Å²) >= 11 is 0. The van der Waals surface area contributed by atoms with Crippen molar-refractivity contribution in [2.24, 2.45) is 5.92 Å². The number of benzene rings is 1. The average Bonchev–Trinajstić information content (AvgIpc) is 2.28. The Hall–Kier alpha value is -1.64. The summed E-state index contributed by atoms with van der Waals surface area (Å²) in [5, 5.41) is 0. The Labute approximate surface area is 101 Å². The monoisotopic (exact) mass is 232 g/mol. The molecule has 1 aliphatic heterocycles. The van der Waals surface area contributed by atoms with Gasteiger partial charge in [0.25, 0.3) is 0 Å². The minimum Gasteiger partial charge on any atom is -0.426 e. The number of hydrogen-bond acceptors (Lipinski definition) is 3. The van der Waals surface area contributed by atoms with Crippen molar-refractivity contribution in [2.75, 3.05) is 0 Å². The molecule has 3 heteroatoms. The quantitative estimate of drug-likeness (QED) is 0.594. The number of ether oxygens (including phenoxy) is 1. The van der Waals surface area contributed by atoms with Gasteiger partial charge in [0.05, 0.1) is 6.42 Å². The Kier molecular flexibility index (Phi) is 3.27. The minimum atomic E-state index is -0.245. The number of fused-ring (bicyclic) bond motifs is 1. The summed E-state index contributed by atoms with van der Waals surface area (Å²) in [6, 6.07) is 7.45. The lowest BCUT2D eigenvalue weighted by atomic mass is 9.86. The van der Waals surface area contributed by atoms with Crippen molar-refractivity contribution >= 4 is 11.8 Å². The smallest absolute Gasteiger partial charge is 0.311 e. The predicted octanol–water partition coefficient (Wildman–Crippen LogP) is 2.69. The highest BCUT2D eigenvalue weighted by atomic mass is 16.5. The Balaban J connectivity index is 2.24. The first-order chi connectivity index (χ1) is 8.08. The summed E-state index contributed by atoms with van der Waals surface area (Å²) in [6.07, 6.45) is 0.721. The van der Waals surface area contributed by atoms with Gasteiger partial charge >= 0.3 is 5.97 Å². The van der Waals surface area contributed by atoms with Gasteiger partial charge in [0.1, 0.15) is 11.5 Å². The number of Topliss-reactive ketones (excluding diaryl/α,β-unsaturated/α-hetero) is 1. The first-order valence-corrected chi connectivity index (χ1v) is 5.90. The van der Waals surface area contributed by atoms with E-state index in [1.807, 2.05) is 32.0 Å². The van der Waals surface area contributed by atoms with Gasteiger partial charge in [-0.1, -0.05) is 32.0 Å². The van der Waals surface area contributed by atoms with Crippen molar-refractivity contribution in [2.45, 2.75) is 32.6 Å². The van der Waals surface area contributed by atoms with Crippen molar-refractivity contribution in [1.82, 2.24) is 0 Å². The number of carbonyl (C=O) groups excluding carboxylic acids is 2. The minimum absolute atomic E-state index is 0.0140. The molecule has 1 aromatic carbocycles. The van der Waals surface area contributed by atoms with Crippen LogP contribution >= 0.6 is 0 Å². The van der Waals surface area contributed by atoms with Gasteiger partial charge in [-0.25, -0.2) is 0 Å². The molecule has 1 aromatic rings. The molecule has 0 aromatic heterocycles. The summed E-state index contributed by atoms with van der Waals surface area (Å²) in [4.78, 5) is 23.2. The van der Waals surface area contributed by atoms with Gasteiger partial charge in [-0.05, 0) is 11.6 Å². The van der Waals surface area contributed by atoms with Gasteiger partial charge in [0, 0.05) is 18.3 Å². The molecule has 0 N–H and O–H groups in total. The first-order valence-electron chi connectivity index (χ1n) is 5.90. The zero-order chi connectivity index (χ0) is 12.4. The second kappa shape index (κ2) is 4.70. The normalized spacial score (nSPS) is 18.8. The largest absolute Gasteiger partial charge is 0.426 e. The van der Waals surface area contributed by atoms with Crippen LogP contribution < -0.4 is 4.74 Å². The Morgan fingerprint density at radius 3 is 2.82 bits per heavy atom. The van der Waals surface area contributed by atoms with Crippen LogP contribution in [-0.4, -0.2) is 11.8 Å². The van der Waals surface area contributed by atoms with E-state index in [9.17, 15) is 9.59 Å². The fraction of sp³-hybridized carbons (Fsp3) is 0.429. The summed E-state index contributed by atoms with van der Waals surface area (Å²) in [5.41, 5.74) is 0.973. The van der Waals surface area contributed by atoms with E-state index in [1.165, 1.54) is 0 Å². The molecule has 0 aliphatic carbocycles. The highest BCUT2D eigenvalue weighted by Crippen LogP contribution is 2.36. The van der Waals surface area contributed by atoms with Gasteiger partial charge in [0.2, 0.25) is 0 Å². The van der Waals surface area contributed by atoms with E-state index < -0.39 is 0 Å². The Morgan fingerprint density at radius 1 is 1.41 bits per heavy atom. The Morgan fingerprint density at radius 2 is 2.12 bits per heavy atom. The van der Waals surface area contributed by atoms with Gasteiger partial charge in [-0.2, -0.15) is 0 Å². The summed E-state index contributed by atoms with van der Waals surface area (Å²) in [7, 11) is 0. The molecule has 3 nitrogen and oxygen atoms in total. The molecule has 2 rings (SSSR count). The van der Waals surface area contributed by atoms with E-state index >= 15 is 0 Å². The van der Waals surface area contributed by atoms with E-state index in [0.29, 0.717) is 18.6 Å². The number of para-hydroxylation sites is 1. The highest BCUT2D eigenvalue weighted by molar-refractivity contribution is 5.83. The lowest BCUT2D eigenvalue weighted by Crippen LogP contribution is -2.23. The van der Waals surface area contributed by atoms with E-state index in [4.69, 9.17) is 4.74 Å². The van der Waals surface area contributed by atoms with Crippen LogP contribution in [0.4, 0.5) is 0 Å². The average molecular weight is 232 g/mol. The van der Waals surface area contributed by atoms with Gasteiger partial charge < -0.3 is 4.74 Å². The van der Waals surface area contributed by atoms with Crippen LogP contribution in [0, 0.1) is 5.92 Å². The molecule has 0 fully saturated rings. The van der Waals surface area contributed by atoms with E-state index in [0.717, 1.165) is 5.56 Å². The molecule has 1 atom stereocenters. The van der Waals surface area contributed by atoms with Crippen molar-refractivity contribution < 1.29 is 14.3 Å². The molecular weight excluding hydrogens is 216 g/mol. The summed E-state index contributed by atoms with van der Waals surface area (Å²) < 4.78 is 5.15. The molecule has 0 saturated heterocycles.